The van der Waals surface area contributed by atoms with E-state index in [0.717, 1.165) is 27.8 Å². The minimum atomic E-state index is -0.365. The van der Waals surface area contributed by atoms with E-state index in [9.17, 15) is 19.5 Å². The fourth-order valence-corrected chi connectivity index (χ4v) is 3.57. The molecular weight excluding hydrogens is 376 g/mol. The van der Waals surface area contributed by atoms with Crippen molar-refractivity contribution in [1.82, 2.24) is 10.2 Å². The molecule has 2 N–H and O–H groups in total. The molecule has 0 spiro atoms. The van der Waals surface area contributed by atoms with Crippen molar-refractivity contribution >= 4 is 34.9 Å². The number of phenols is 1. The van der Waals surface area contributed by atoms with Crippen LogP contribution in [0.15, 0.2) is 59.5 Å². The van der Waals surface area contributed by atoms with Crippen molar-refractivity contribution in [3.8, 4) is 5.75 Å². The van der Waals surface area contributed by atoms with Gasteiger partial charge in [0.05, 0.1) is 4.91 Å². The van der Waals surface area contributed by atoms with Gasteiger partial charge in [-0.15, -0.1) is 0 Å². The van der Waals surface area contributed by atoms with E-state index < -0.39 is 0 Å². The molecular formula is C21H20N2O4S. The zero-order valence-corrected chi connectivity index (χ0v) is 15.9. The van der Waals surface area contributed by atoms with Gasteiger partial charge in [0.25, 0.3) is 11.1 Å². The number of benzene rings is 2. The van der Waals surface area contributed by atoms with E-state index in [2.05, 4.69) is 5.32 Å². The minimum Gasteiger partial charge on any atom is -0.508 e. The van der Waals surface area contributed by atoms with Crippen LogP contribution in [0.5, 0.6) is 5.75 Å². The van der Waals surface area contributed by atoms with Crippen LogP contribution in [0.4, 0.5) is 4.79 Å². The number of hydrogen-bond acceptors (Lipinski definition) is 5. The van der Waals surface area contributed by atoms with Crippen LogP contribution in [0.2, 0.25) is 0 Å². The highest BCUT2D eigenvalue weighted by atomic mass is 32.2. The number of carbonyl (C=O) groups excluding carboxylic acids is 3. The molecule has 0 unspecified atom stereocenters. The smallest absolute Gasteiger partial charge is 0.293 e. The predicted octanol–water partition coefficient (Wildman–Crippen LogP) is 3.18. The summed E-state index contributed by atoms with van der Waals surface area (Å²) < 4.78 is 0. The lowest BCUT2D eigenvalue weighted by Gasteiger charge is -2.12. The second-order valence-electron chi connectivity index (χ2n) is 6.26. The summed E-state index contributed by atoms with van der Waals surface area (Å²) in [6.45, 7) is 0.501. The van der Waals surface area contributed by atoms with Crippen molar-refractivity contribution in [3.63, 3.8) is 0 Å². The summed E-state index contributed by atoms with van der Waals surface area (Å²) in [5.74, 6) is -0.383. The summed E-state index contributed by atoms with van der Waals surface area (Å²) in [6, 6.07) is 16.1. The van der Waals surface area contributed by atoms with E-state index in [4.69, 9.17) is 0 Å². The summed E-state index contributed by atoms with van der Waals surface area (Å²) in [5, 5.41) is 11.7. The quantitative estimate of drug-likeness (QED) is 0.702. The van der Waals surface area contributed by atoms with Gasteiger partial charge >= 0.3 is 0 Å². The predicted molar refractivity (Wildman–Crippen MR) is 109 cm³/mol. The number of rotatable bonds is 7. The van der Waals surface area contributed by atoms with Crippen LogP contribution in [-0.4, -0.2) is 40.1 Å². The van der Waals surface area contributed by atoms with Crippen LogP contribution in [-0.2, 0) is 16.0 Å². The summed E-state index contributed by atoms with van der Waals surface area (Å²) in [6.07, 6.45) is 2.38. The Labute approximate surface area is 167 Å². The summed E-state index contributed by atoms with van der Waals surface area (Å²) in [7, 11) is 0. The van der Waals surface area contributed by atoms with E-state index in [-0.39, 0.29) is 35.8 Å². The Morgan fingerprint density at radius 2 is 1.79 bits per heavy atom. The van der Waals surface area contributed by atoms with Crippen LogP contribution in [0.25, 0.3) is 6.08 Å². The number of thioether (sulfide) groups is 1. The van der Waals surface area contributed by atoms with Crippen molar-refractivity contribution < 1.29 is 19.5 Å². The number of imide groups is 1. The maximum Gasteiger partial charge on any atom is 0.293 e. The third-order valence-corrected chi connectivity index (χ3v) is 5.11. The average molecular weight is 396 g/mol. The molecule has 144 valence electrons. The lowest BCUT2D eigenvalue weighted by Crippen LogP contribution is -2.34. The number of amides is 3. The molecule has 3 rings (SSSR count). The molecule has 0 atom stereocenters. The van der Waals surface area contributed by atoms with E-state index in [1.54, 1.807) is 30.3 Å². The van der Waals surface area contributed by atoms with Crippen molar-refractivity contribution in [3.05, 3.63) is 70.6 Å². The third-order valence-electron chi connectivity index (χ3n) is 4.21. The largest absolute Gasteiger partial charge is 0.508 e. The van der Waals surface area contributed by atoms with Crippen LogP contribution < -0.4 is 5.32 Å². The van der Waals surface area contributed by atoms with Crippen LogP contribution in [0.3, 0.4) is 0 Å². The first kappa shape index (κ1) is 19.7. The Kier molecular flexibility index (Phi) is 6.49. The van der Waals surface area contributed by atoms with E-state index in [1.807, 2.05) is 30.3 Å². The average Bonchev–Trinajstić information content (AvgIpc) is 2.95. The van der Waals surface area contributed by atoms with Gasteiger partial charge in [0.15, 0.2) is 0 Å². The van der Waals surface area contributed by atoms with Gasteiger partial charge in [-0.3, -0.25) is 19.3 Å². The van der Waals surface area contributed by atoms with Crippen LogP contribution in [0, 0.1) is 0 Å². The van der Waals surface area contributed by atoms with Crippen molar-refractivity contribution in [2.75, 3.05) is 13.1 Å². The first-order valence-electron chi connectivity index (χ1n) is 8.88. The molecule has 28 heavy (non-hydrogen) atoms. The molecule has 1 saturated heterocycles. The molecule has 1 aliphatic heterocycles. The van der Waals surface area contributed by atoms with E-state index in [1.165, 1.54) is 0 Å². The highest BCUT2D eigenvalue weighted by molar-refractivity contribution is 8.18. The van der Waals surface area contributed by atoms with Gasteiger partial charge in [-0.1, -0.05) is 42.5 Å². The molecule has 0 bridgehead atoms. The van der Waals surface area contributed by atoms with Crippen molar-refractivity contribution in [2.24, 2.45) is 0 Å². The van der Waals surface area contributed by atoms with Crippen molar-refractivity contribution in [1.29, 1.82) is 0 Å². The Morgan fingerprint density at radius 1 is 1.07 bits per heavy atom. The standard InChI is InChI=1S/C21H20N2O4S/c24-17-8-6-15(7-9-17)10-12-22-19(25)11-13-23-20(26)18(28-21(23)27)14-16-4-2-1-3-5-16/h1-9,14,24H,10-13H2,(H,22,25). The molecule has 0 saturated carbocycles. The second kappa shape index (κ2) is 9.23. The summed E-state index contributed by atoms with van der Waals surface area (Å²) in [4.78, 5) is 38.0. The normalized spacial score (nSPS) is 15.3. The number of carbonyl (C=O) groups is 3. The molecule has 1 heterocycles. The number of phenolic OH excluding ortho intramolecular Hbond substituents is 1. The van der Waals surface area contributed by atoms with Gasteiger partial charge in [-0.2, -0.15) is 0 Å². The van der Waals surface area contributed by atoms with Gasteiger partial charge in [0, 0.05) is 19.5 Å². The van der Waals surface area contributed by atoms with Crippen LogP contribution in [0.1, 0.15) is 17.5 Å². The topological polar surface area (TPSA) is 86.7 Å². The number of nitrogens with zero attached hydrogens (tertiary/aromatic N) is 1. The Balaban J connectivity index is 1.46. The van der Waals surface area contributed by atoms with Crippen molar-refractivity contribution in [2.45, 2.75) is 12.8 Å². The first-order valence-corrected chi connectivity index (χ1v) is 9.69. The summed E-state index contributed by atoms with van der Waals surface area (Å²) in [5.41, 5.74) is 1.84. The fourth-order valence-electron chi connectivity index (χ4n) is 2.70. The van der Waals surface area contributed by atoms with Gasteiger partial charge in [-0.05, 0) is 47.5 Å². The maximum absolute atomic E-state index is 12.4. The SMILES string of the molecule is O=C(CCN1C(=O)SC(=Cc2ccccc2)C1=O)NCCc1ccc(O)cc1. The molecule has 0 radical (unpaired) electrons. The number of hydrogen-bond donors (Lipinski definition) is 2. The van der Waals surface area contributed by atoms with E-state index in [0.29, 0.717) is 17.9 Å². The monoisotopic (exact) mass is 396 g/mol. The Hall–Kier alpha value is -3.06. The fraction of sp³-hybridized carbons (Fsp3) is 0.190. The third kappa shape index (κ3) is 5.23. The molecule has 1 fully saturated rings. The van der Waals surface area contributed by atoms with Gasteiger partial charge in [-0.25, -0.2) is 0 Å². The molecule has 3 amide bonds. The zero-order chi connectivity index (χ0) is 19.9. The first-order chi connectivity index (χ1) is 13.5. The lowest BCUT2D eigenvalue weighted by atomic mass is 10.1. The second-order valence-corrected chi connectivity index (χ2v) is 7.25. The highest BCUT2D eigenvalue weighted by Gasteiger charge is 2.34. The molecule has 0 aliphatic carbocycles. The summed E-state index contributed by atoms with van der Waals surface area (Å²) >= 11 is 0.891. The molecule has 6 nitrogen and oxygen atoms in total. The highest BCUT2D eigenvalue weighted by Crippen LogP contribution is 2.32. The Morgan fingerprint density at radius 3 is 2.50 bits per heavy atom. The number of aromatic hydroxyl groups is 1. The zero-order valence-electron chi connectivity index (χ0n) is 15.1. The molecule has 2 aromatic rings. The van der Waals surface area contributed by atoms with Crippen LogP contribution >= 0.6 is 11.8 Å². The van der Waals surface area contributed by atoms with E-state index >= 15 is 0 Å². The lowest BCUT2D eigenvalue weighted by molar-refractivity contribution is -0.124. The van der Waals surface area contributed by atoms with Gasteiger partial charge in [0.1, 0.15) is 5.75 Å². The van der Waals surface area contributed by atoms with Gasteiger partial charge in [0.2, 0.25) is 5.91 Å². The number of nitrogens with one attached hydrogen (secondary N) is 1. The maximum atomic E-state index is 12.4. The minimum absolute atomic E-state index is 0.0574. The Bertz CT molecular complexity index is 894. The van der Waals surface area contributed by atoms with Gasteiger partial charge < -0.3 is 10.4 Å². The molecule has 1 aliphatic rings. The molecule has 0 aromatic heterocycles. The molecule has 7 heteroatoms. The molecule has 2 aromatic carbocycles.